The van der Waals surface area contributed by atoms with E-state index in [4.69, 9.17) is 0 Å². The summed E-state index contributed by atoms with van der Waals surface area (Å²) < 4.78 is 52.7. The third-order valence-electron chi connectivity index (χ3n) is 5.00. The summed E-state index contributed by atoms with van der Waals surface area (Å²) in [6.07, 6.45) is 0.649. The molecule has 8 heteroatoms. The van der Waals surface area contributed by atoms with E-state index in [1.807, 2.05) is 0 Å². The third-order valence-corrected chi connectivity index (χ3v) is 8.38. The molecule has 28 heavy (non-hydrogen) atoms. The molecule has 0 N–H and O–H groups in total. The fourth-order valence-electron chi connectivity index (χ4n) is 3.46. The summed E-state index contributed by atoms with van der Waals surface area (Å²) in [4.78, 5) is 15.0. The van der Waals surface area contributed by atoms with Crippen LogP contribution >= 0.6 is 11.3 Å². The first-order valence-corrected chi connectivity index (χ1v) is 11.2. The molecule has 3 aromatic rings. The number of carbonyl (C=O) groups is 1. The van der Waals surface area contributed by atoms with Crippen LogP contribution in [0.25, 0.3) is 10.1 Å². The summed E-state index contributed by atoms with van der Waals surface area (Å²) in [6, 6.07) is 10.9. The Morgan fingerprint density at radius 2 is 1.61 bits per heavy atom. The molecule has 1 saturated heterocycles. The monoisotopic (exact) mass is 421 g/mol. The van der Waals surface area contributed by atoms with Crippen molar-refractivity contribution in [2.45, 2.75) is 23.0 Å². The van der Waals surface area contributed by atoms with E-state index in [2.05, 4.69) is 0 Å². The Hall–Kier alpha value is -2.32. The van der Waals surface area contributed by atoms with Crippen LogP contribution in [0, 0.1) is 11.6 Å². The molecule has 0 saturated carbocycles. The Kier molecular flexibility index (Phi) is 4.93. The van der Waals surface area contributed by atoms with Crippen molar-refractivity contribution < 1.29 is 22.0 Å². The van der Waals surface area contributed by atoms with Crippen molar-refractivity contribution >= 4 is 37.2 Å². The number of piperidine rings is 1. The molecule has 0 atom stereocenters. The van der Waals surface area contributed by atoms with Gasteiger partial charge in [-0.15, -0.1) is 11.3 Å². The van der Waals surface area contributed by atoms with Crippen LogP contribution in [0.5, 0.6) is 0 Å². The summed E-state index contributed by atoms with van der Waals surface area (Å²) in [5.41, 5.74) is 0. The topological polar surface area (TPSA) is 54.5 Å². The molecular weight excluding hydrogens is 404 g/mol. The zero-order chi connectivity index (χ0) is 19.9. The van der Waals surface area contributed by atoms with Crippen LogP contribution in [-0.2, 0) is 9.84 Å². The van der Waals surface area contributed by atoms with Gasteiger partial charge >= 0.3 is 0 Å². The molecule has 4 rings (SSSR count). The second-order valence-corrected chi connectivity index (χ2v) is 10.1. The average molecular weight is 421 g/mol. The van der Waals surface area contributed by atoms with E-state index < -0.39 is 20.9 Å². The number of nitrogens with zero attached hydrogens (tertiary/aromatic N) is 1. The quantitative estimate of drug-likeness (QED) is 0.594. The van der Waals surface area contributed by atoms with Crippen molar-refractivity contribution in [3.63, 3.8) is 0 Å². The number of hydrogen-bond acceptors (Lipinski definition) is 4. The molecule has 4 nitrogen and oxygen atoms in total. The van der Waals surface area contributed by atoms with E-state index in [1.165, 1.54) is 35.6 Å². The Balaban J connectivity index is 1.47. The van der Waals surface area contributed by atoms with Gasteiger partial charge in [0.15, 0.2) is 9.84 Å². The van der Waals surface area contributed by atoms with E-state index >= 15 is 0 Å². The van der Waals surface area contributed by atoms with Gasteiger partial charge in [0, 0.05) is 17.8 Å². The number of likely N-dealkylation sites (tertiary alicyclic amines) is 1. The van der Waals surface area contributed by atoms with E-state index in [0.717, 1.165) is 16.8 Å². The predicted molar refractivity (Wildman–Crippen MR) is 104 cm³/mol. The Morgan fingerprint density at radius 3 is 2.29 bits per heavy atom. The van der Waals surface area contributed by atoms with E-state index in [1.54, 1.807) is 17.0 Å². The number of hydrogen-bond donors (Lipinski definition) is 0. The predicted octanol–water partition coefficient (Wildman–Crippen LogP) is 4.26. The highest BCUT2D eigenvalue weighted by molar-refractivity contribution is 7.92. The lowest BCUT2D eigenvalue weighted by Gasteiger charge is -2.31. The minimum absolute atomic E-state index is 0.102. The molecule has 1 amide bonds. The summed E-state index contributed by atoms with van der Waals surface area (Å²) >= 11 is 1.30. The molecular formula is C20H17F2NO3S2. The van der Waals surface area contributed by atoms with Gasteiger partial charge in [-0.25, -0.2) is 17.2 Å². The lowest BCUT2D eigenvalue weighted by atomic mass is 10.1. The van der Waals surface area contributed by atoms with E-state index in [-0.39, 0.29) is 16.6 Å². The molecule has 1 aliphatic heterocycles. The van der Waals surface area contributed by atoms with Gasteiger partial charge in [0.1, 0.15) is 11.6 Å². The Morgan fingerprint density at radius 1 is 0.964 bits per heavy atom. The summed E-state index contributed by atoms with van der Waals surface area (Å²) in [6.45, 7) is 0.652. The minimum atomic E-state index is -3.56. The molecule has 0 radical (unpaired) electrons. The first kappa shape index (κ1) is 19.0. The Labute approximate surface area is 165 Å². The number of sulfone groups is 1. The van der Waals surface area contributed by atoms with Crippen LogP contribution in [0.4, 0.5) is 8.78 Å². The van der Waals surface area contributed by atoms with Crippen LogP contribution < -0.4 is 0 Å². The number of rotatable bonds is 3. The van der Waals surface area contributed by atoms with Crippen molar-refractivity contribution in [1.82, 2.24) is 4.90 Å². The van der Waals surface area contributed by atoms with Crippen LogP contribution in [-0.4, -0.2) is 37.6 Å². The van der Waals surface area contributed by atoms with Gasteiger partial charge < -0.3 is 4.90 Å². The van der Waals surface area contributed by atoms with Crippen molar-refractivity contribution in [3.8, 4) is 0 Å². The van der Waals surface area contributed by atoms with Crippen LogP contribution in [0.2, 0.25) is 0 Å². The van der Waals surface area contributed by atoms with E-state index in [9.17, 15) is 22.0 Å². The number of amides is 1. The fraction of sp³-hybridized carbons (Fsp3) is 0.250. The van der Waals surface area contributed by atoms with Crippen molar-refractivity contribution in [2.75, 3.05) is 13.1 Å². The molecule has 2 aromatic carbocycles. The first-order chi connectivity index (χ1) is 13.3. The molecule has 0 aliphatic carbocycles. The smallest absolute Gasteiger partial charge is 0.263 e. The molecule has 0 unspecified atom stereocenters. The van der Waals surface area contributed by atoms with Crippen LogP contribution in [0.1, 0.15) is 22.5 Å². The highest BCUT2D eigenvalue weighted by Gasteiger charge is 2.33. The molecule has 1 aromatic heterocycles. The van der Waals surface area contributed by atoms with Gasteiger partial charge in [0.05, 0.1) is 15.0 Å². The number of benzene rings is 2. The number of thiophene rings is 1. The number of halogens is 2. The first-order valence-electron chi connectivity index (χ1n) is 8.82. The largest absolute Gasteiger partial charge is 0.338 e. The second-order valence-electron chi connectivity index (χ2n) is 6.78. The lowest BCUT2D eigenvalue weighted by molar-refractivity contribution is 0.0730. The summed E-state index contributed by atoms with van der Waals surface area (Å²) in [5, 5.41) is 0.0839. The highest BCUT2D eigenvalue weighted by atomic mass is 32.2. The van der Waals surface area contributed by atoms with Crippen LogP contribution in [0.3, 0.4) is 0 Å². The number of fused-ring (bicyclic) bond motifs is 1. The maximum Gasteiger partial charge on any atom is 0.263 e. The summed E-state index contributed by atoms with van der Waals surface area (Å²) in [5.74, 6) is -1.00. The van der Waals surface area contributed by atoms with Gasteiger partial charge in [-0.3, -0.25) is 4.79 Å². The lowest BCUT2D eigenvalue weighted by Crippen LogP contribution is -2.42. The molecule has 1 aliphatic rings. The van der Waals surface area contributed by atoms with E-state index in [0.29, 0.717) is 36.2 Å². The highest BCUT2D eigenvalue weighted by Crippen LogP contribution is 2.30. The van der Waals surface area contributed by atoms with Crippen molar-refractivity contribution in [2.24, 2.45) is 0 Å². The van der Waals surface area contributed by atoms with Gasteiger partial charge in [-0.1, -0.05) is 0 Å². The summed E-state index contributed by atoms with van der Waals surface area (Å²) in [7, 11) is -3.56. The van der Waals surface area contributed by atoms with Crippen molar-refractivity contribution in [1.29, 1.82) is 0 Å². The minimum Gasteiger partial charge on any atom is -0.338 e. The zero-order valence-electron chi connectivity index (χ0n) is 14.8. The maximum atomic E-state index is 13.4. The second kappa shape index (κ2) is 7.25. The standard InChI is InChI=1S/C20H17F2NO3S2/c21-14-1-4-16(5-2-14)28(25,26)17-7-9-23(10-8-17)20(24)19-12-13-11-15(22)3-6-18(13)27-19/h1-6,11-12,17H,7-10H2. The third kappa shape index (κ3) is 3.54. The fourth-order valence-corrected chi connectivity index (χ4v) is 6.20. The molecule has 146 valence electrons. The molecule has 0 bridgehead atoms. The molecule has 0 spiro atoms. The molecule has 2 heterocycles. The van der Waals surface area contributed by atoms with Gasteiger partial charge in [0.2, 0.25) is 0 Å². The van der Waals surface area contributed by atoms with Gasteiger partial charge in [0.25, 0.3) is 5.91 Å². The Bertz CT molecular complexity index is 1130. The van der Waals surface area contributed by atoms with Gasteiger partial charge in [-0.05, 0) is 66.8 Å². The number of carbonyl (C=O) groups excluding carboxylic acids is 1. The van der Waals surface area contributed by atoms with Crippen molar-refractivity contribution in [3.05, 3.63) is 65.0 Å². The molecule has 1 fully saturated rings. The maximum absolute atomic E-state index is 13.4. The van der Waals surface area contributed by atoms with Gasteiger partial charge in [-0.2, -0.15) is 0 Å². The van der Waals surface area contributed by atoms with Crippen LogP contribution in [0.15, 0.2) is 53.4 Å². The zero-order valence-corrected chi connectivity index (χ0v) is 16.4. The normalized spacial score (nSPS) is 15.9. The average Bonchev–Trinajstić information content (AvgIpc) is 3.11. The SMILES string of the molecule is O=C(c1cc2cc(F)ccc2s1)N1CCC(S(=O)(=O)c2ccc(F)cc2)CC1.